The van der Waals surface area contributed by atoms with E-state index in [4.69, 9.17) is 16.3 Å². The van der Waals surface area contributed by atoms with E-state index >= 15 is 0 Å². The fourth-order valence-electron chi connectivity index (χ4n) is 2.97. The van der Waals surface area contributed by atoms with E-state index in [1.807, 2.05) is 0 Å². The summed E-state index contributed by atoms with van der Waals surface area (Å²) in [5, 5.41) is 13.9. The minimum absolute atomic E-state index is 0.0910. The van der Waals surface area contributed by atoms with Crippen LogP contribution >= 0.6 is 11.6 Å². The summed E-state index contributed by atoms with van der Waals surface area (Å²) in [6, 6.07) is 5.63. The summed E-state index contributed by atoms with van der Waals surface area (Å²) >= 11 is 5.84. The number of carbonyl (C=O) groups excluding carboxylic acids is 1. The van der Waals surface area contributed by atoms with Crippen LogP contribution in [0.15, 0.2) is 24.3 Å². The molecule has 9 nitrogen and oxygen atoms in total. The van der Waals surface area contributed by atoms with Gasteiger partial charge in [-0.15, -0.1) is 0 Å². The highest BCUT2D eigenvalue weighted by Crippen LogP contribution is 2.23. The third-order valence-electron chi connectivity index (χ3n) is 4.27. The van der Waals surface area contributed by atoms with Crippen LogP contribution < -0.4 is 15.0 Å². The van der Waals surface area contributed by atoms with Crippen molar-refractivity contribution in [3.05, 3.63) is 50.8 Å². The number of halogens is 1. The van der Waals surface area contributed by atoms with Gasteiger partial charge in [0.1, 0.15) is 23.8 Å². The molecule has 0 spiro atoms. The van der Waals surface area contributed by atoms with Crippen molar-refractivity contribution in [2.75, 3.05) is 31.1 Å². The lowest BCUT2D eigenvalue weighted by Crippen LogP contribution is -2.29. The van der Waals surface area contributed by atoms with E-state index in [0.717, 1.165) is 31.7 Å². The summed E-state index contributed by atoms with van der Waals surface area (Å²) in [6.07, 6.45) is 2.28. The van der Waals surface area contributed by atoms with E-state index in [1.165, 1.54) is 18.2 Å². The van der Waals surface area contributed by atoms with Crippen LogP contribution in [0.1, 0.15) is 29.0 Å². The fourth-order valence-corrected chi connectivity index (χ4v) is 3.14. The Balaban J connectivity index is 1.57. The van der Waals surface area contributed by atoms with Gasteiger partial charge in [0.05, 0.1) is 11.5 Å². The molecule has 1 fully saturated rings. The van der Waals surface area contributed by atoms with E-state index in [0.29, 0.717) is 11.7 Å². The summed E-state index contributed by atoms with van der Waals surface area (Å²) in [4.78, 5) is 33.6. The molecule has 1 aromatic heterocycles. The third-order valence-corrected chi connectivity index (χ3v) is 4.50. The molecular weight excluding hydrogens is 386 g/mol. The molecule has 28 heavy (non-hydrogen) atoms. The number of anilines is 1. The Bertz CT molecular complexity index is 886. The van der Waals surface area contributed by atoms with Gasteiger partial charge in [0.25, 0.3) is 11.6 Å². The number of carbonyl (C=O) groups is 1. The van der Waals surface area contributed by atoms with Crippen molar-refractivity contribution in [3.63, 3.8) is 0 Å². The molecule has 1 amide bonds. The van der Waals surface area contributed by atoms with E-state index in [9.17, 15) is 14.9 Å². The molecule has 0 saturated carbocycles. The van der Waals surface area contributed by atoms with Crippen LogP contribution in [0.4, 0.5) is 11.5 Å². The van der Waals surface area contributed by atoms with Gasteiger partial charge in [-0.2, -0.15) is 4.98 Å². The van der Waals surface area contributed by atoms with E-state index in [2.05, 4.69) is 20.2 Å². The fraction of sp³-hybridized carbons (Fsp3) is 0.389. The Hall–Kier alpha value is -2.94. The van der Waals surface area contributed by atoms with Crippen LogP contribution in [0.5, 0.6) is 5.88 Å². The van der Waals surface area contributed by atoms with Gasteiger partial charge in [0, 0.05) is 30.2 Å². The minimum Gasteiger partial charge on any atom is -0.476 e. The van der Waals surface area contributed by atoms with E-state index in [-0.39, 0.29) is 29.4 Å². The molecule has 2 heterocycles. The molecule has 0 radical (unpaired) electrons. The maximum atomic E-state index is 12.3. The number of aromatic nitrogens is 2. The lowest BCUT2D eigenvalue weighted by Gasteiger charge is -2.17. The Labute approximate surface area is 166 Å². The molecule has 1 aliphatic rings. The molecule has 0 atom stereocenters. The van der Waals surface area contributed by atoms with Crippen LogP contribution in [0.2, 0.25) is 5.02 Å². The molecule has 2 aromatic rings. The van der Waals surface area contributed by atoms with Gasteiger partial charge in [0.15, 0.2) is 0 Å². The molecule has 0 unspecified atom stereocenters. The Morgan fingerprint density at radius 2 is 2.07 bits per heavy atom. The number of hydrogen-bond acceptors (Lipinski definition) is 7. The maximum absolute atomic E-state index is 12.3. The van der Waals surface area contributed by atoms with Gasteiger partial charge in [0.2, 0.25) is 5.88 Å². The molecule has 0 bridgehead atoms. The van der Waals surface area contributed by atoms with Crippen molar-refractivity contribution in [2.24, 2.45) is 0 Å². The summed E-state index contributed by atoms with van der Waals surface area (Å²) < 4.78 is 5.62. The Morgan fingerprint density at radius 1 is 1.32 bits per heavy atom. The van der Waals surface area contributed by atoms with Crippen LogP contribution in [-0.4, -0.2) is 47.0 Å². The van der Waals surface area contributed by atoms with Gasteiger partial charge in [-0.05, 0) is 31.9 Å². The standard InChI is InChI=1S/C18H20ClN5O4/c1-12-21-16(23-7-2-3-8-23)11-17(22-12)28-9-6-20-18(25)14-10-13(19)4-5-15(14)24(26)27/h4-5,10-11H,2-3,6-9H2,1H3,(H,20,25). The smallest absolute Gasteiger partial charge is 0.282 e. The zero-order valence-electron chi connectivity index (χ0n) is 15.4. The summed E-state index contributed by atoms with van der Waals surface area (Å²) in [6.45, 7) is 4.04. The molecule has 10 heteroatoms. The zero-order chi connectivity index (χ0) is 20.1. The number of nitro groups is 1. The SMILES string of the molecule is Cc1nc(OCCNC(=O)c2cc(Cl)ccc2[N+](=O)[O-])cc(N2CCCC2)n1. The largest absolute Gasteiger partial charge is 0.476 e. The quantitative estimate of drug-likeness (QED) is 0.428. The molecular formula is C18H20ClN5O4. The first kappa shape index (κ1) is 19.8. The van der Waals surface area contributed by atoms with E-state index < -0.39 is 10.8 Å². The first-order chi connectivity index (χ1) is 13.4. The number of ether oxygens (including phenoxy) is 1. The lowest BCUT2D eigenvalue weighted by atomic mass is 10.1. The first-order valence-electron chi connectivity index (χ1n) is 8.89. The van der Waals surface area contributed by atoms with Crippen molar-refractivity contribution in [1.82, 2.24) is 15.3 Å². The molecule has 148 valence electrons. The second-order valence-corrected chi connectivity index (χ2v) is 6.77. The molecule has 1 saturated heterocycles. The van der Waals surface area contributed by atoms with Crippen molar-refractivity contribution >= 4 is 29.0 Å². The number of rotatable bonds is 7. The topological polar surface area (TPSA) is 110 Å². The van der Waals surface area contributed by atoms with Crippen molar-refractivity contribution in [3.8, 4) is 5.88 Å². The summed E-state index contributed by atoms with van der Waals surface area (Å²) in [5.74, 6) is 1.28. The van der Waals surface area contributed by atoms with Gasteiger partial charge in [-0.3, -0.25) is 14.9 Å². The number of amides is 1. The Kier molecular flexibility index (Phi) is 6.25. The molecule has 1 N–H and O–H groups in total. The number of nitrogens with one attached hydrogen (secondary N) is 1. The zero-order valence-corrected chi connectivity index (χ0v) is 16.1. The van der Waals surface area contributed by atoms with E-state index in [1.54, 1.807) is 13.0 Å². The molecule has 1 aliphatic heterocycles. The predicted molar refractivity (Wildman–Crippen MR) is 104 cm³/mol. The number of benzene rings is 1. The number of nitrogens with zero attached hydrogens (tertiary/aromatic N) is 4. The van der Waals surface area contributed by atoms with Crippen LogP contribution in [0.3, 0.4) is 0 Å². The molecule has 1 aromatic carbocycles. The first-order valence-corrected chi connectivity index (χ1v) is 9.27. The van der Waals surface area contributed by atoms with Crippen LogP contribution in [-0.2, 0) is 0 Å². The van der Waals surface area contributed by atoms with Gasteiger partial charge in [-0.1, -0.05) is 11.6 Å². The number of hydrogen-bond donors (Lipinski definition) is 1. The number of aryl methyl sites for hydroxylation is 1. The predicted octanol–water partition coefficient (Wildman–Crippen LogP) is 2.76. The van der Waals surface area contributed by atoms with Gasteiger partial charge >= 0.3 is 0 Å². The highest BCUT2D eigenvalue weighted by molar-refractivity contribution is 6.31. The average Bonchev–Trinajstić information content (AvgIpc) is 3.19. The van der Waals surface area contributed by atoms with Crippen molar-refractivity contribution in [2.45, 2.75) is 19.8 Å². The van der Waals surface area contributed by atoms with Gasteiger partial charge in [-0.25, -0.2) is 4.98 Å². The number of nitro benzene ring substituents is 1. The van der Waals surface area contributed by atoms with Crippen molar-refractivity contribution in [1.29, 1.82) is 0 Å². The monoisotopic (exact) mass is 405 g/mol. The van der Waals surface area contributed by atoms with Gasteiger partial charge < -0.3 is 15.0 Å². The molecule has 0 aliphatic carbocycles. The highest BCUT2D eigenvalue weighted by Gasteiger charge is 2.20. The normalized spacial score (nSPS) is 13.4. The third kappa shape index (κ3) is 4.86. The van der Waals surface area contributed by atoms with Crippen molar-refractivity contribution < 1.29 is 14.5 Å². The highest BCUT2D eigenvalue weighted by atomic mass is 35.5. The summed E-state index contributed by atoms with van der Waals surface area (Å²) in [5.41, 5.74) is -0.392. The average molecular weight is 406 g/mol. The second kappa shape index (κ2) is 8.83. The maximum Gasteiger partial charge on any atom is 0.282 e. The van der Waals surface area contributed by atoms with Crippen LogP contribution in [0, 0.1) is 17.0 Å². The molecule has 3 rings (SSSR count). The van der Waals surface area contributed by atoms with Crippen LogP contribution in [0.25, 0.3) is 0 Å². The summed E-state index contributed by atoms with van der Waals surface area (Å²) in [7, 11) is 0. The minimum atomic E-state index is -0.620. The second-order valence-electron chi connectivity index (χ2n) is 6.33. The lowest BCUT2D eigenvalue weighted by molar-refractivity contribution is -0.385. The Morgan fingerprint density at radius 3 is 2.79 bits per heavy atom.